The van der Waals surface area contributed by atoms with Crippen LogP contribution in [0.25, 0.3) is 0 Å². The van der Waals surface area contributed by atoms with Crippen LogP contribution >= 0.6 is 0 Å². The molecule has 2 rings (SSSR count). The van der Waals surface area contributed by atoms with Gasteiger partial charge < -0.3 is 26.9 Å². The fourth-order valence-electron chi connectivity index (χ4n) is 1.99. The zero-order valence-electron chi connectivity index (χ0n) is 11.2. The molecule has 0 aromatic rings. The first-order chi connectivity index (χ1) is 7.30. The van der Waals surface area contributed by atoms with Gasteiger partial charge in [0.2, 0.25) is 0 Å². The van der Waals surface area contributed by atoms with Crippen molar-refractivity contribution in [2.75, 3.05) is 26.2 Å². The summed E-state index contributed by atoms with van der Waals surface area (Å²) >= 11 is 0. The van der Waals surface area contributed by atoms with E-state index in [-0.39, 0.29) is 56.9 Å². The molecule has 0 amide bonds. The van der Waals surface area contributed by atoms with Crippen molar-refractivity contribution < 1.29 is 61.6 Å². The standard InChI is InChI=1S/C9H14NO.C3H9N.K.H2O/c1-2-5-10-6-8-3-4-9(7-10)11-8;1-2-3-4;;/h8-9H,1,3-7H2;2-4H2,1H3;;1H2/q-1;;+1;/p-1. The largest absolute Gasteiger partial charge is 1.00 e. The van der Waals surface area contributed by atoms with Crippen molar-refractivity contribution in [3.8, 4) is 0 Å². The van der Waals surface area contributed by atoms with Crippen LogP contribution in [0.1, 0.15) is 26.2 Å². The van der Waals surface area contributed by atoms with E-state index >= 15 is 0 Å². The molecule has 17 heavy (non-hydrogen) atoms. The predicted octanol–water partition coefficient (Wildman–Crippen LogP) is -1.98. The van der Waals surface area contributed by atoms with Gasteiger partial charge in [-0.2, -0.15) is 0 Å². The van der Waals surface area contributed by atoms with Crippen molar-refractivity contribution in [3.05, 3.63) is 12.7 Å². The number of fused-ring (bicyclic) bond motifs is 2. The Hall–Kier alpha value is 1.22. The van der Waals surface area contributed by atoms with Crippen LogP contribution in [0, 0.1) is 6.08 Å². The van der Waals surface area contributed by atoms with E-state index in [0.29, 0.717) is 12.2 Å². The van der Waals surface area contributed by atoms with Crippen molar-refractivity contribution >= 4 is 0 Å². The normalized spacial score (nSPS) is 26.0. The second-order valence-corrected chi connectivity index (χ2v) is 4.19. The molecule has 0 aliphatic carbocycles. The zero-order chi connectivity index (χ0) is 11.1. The molecule has 2 aliphatic rings. The fraction of sp³-hybridized carbons (Fsp3) is 0.833. The van der Waals surface area contributed by atoms with E-state index in [1.807, 2.05) is 0 Å². The Bertz CT molecular complexity index is 179. The van der Waals surface area contributed by atoms with Crippen LogP contribution in [0.4, 0.5) is 0 Å². The van der Waals surface area contributed by atoms with E-state index in [2.05, 4.69) is 24.5 Å². The monoisotopic (exact) mass is 267 g/mol. The van der Waals surface area contributed by atoms with E-state index in [9.17, 15) is 0 Å². The molecule has 0 aromatic carbocycles. The molecule has 0 spiro atoms. The van der Waals surface area contributed by atoms with Gasteiger partial charge in [0.1, 0.15) is 0 Å². The fourth-order valence-corrected chi connectivity index (χ4v) is 1.99. The van der Waals surface area contributed by atoms with Crippen LogP contribution in [-0.4, -0.2) is 48.8 Å². The average Bonchev–Trinajstić information content (AvgIpc) is 2.59. The van der Waals surface area contributed by atoms with Crippen LogP contribution in [0.3, 0.4) is 0 Å². The van der Waals surface area contributed by atoms with Crippen LogP contribution in [0.2, 0.25) is 0 Å². The van der Waals surface area contributed by atoms with Gasteiger partial charge in [-0.25, -0.2) is 0 Å². The first-order valence-corrected chi connectivity index (χ1v) is 5.88. The molecule has 2 saturated heterocycles. The summed E-state index contributed by atoms with van der Waals surface area (Å²) in [6.07, 6.45) is 7.52. The van der Waals surface area contributed by atoms with Gasteiger partial charge in [-0.15, -0.1) is 6.54 Å². The Balaban J connectivity index is 0. The number of morpholine rings is 1. The maximum absolute atomic E-state index is 5.68. The smallest absolute Gasteiger partial charge is 0.870 e. The number of nitrogens with two attached hydrogens (primary N) is 1. The molecule has 0 aromatic heterocycles. The summed E-state index contributed by atoms with van der Waals surface area (Å²) < 4.78 is 5.68. The molecule has 2 aliphatic heterocycles. The van der Waals surface area contributed by atoms with E-state index in [1.54, 1.807) is 0 Å². The summed E-state index contributed by atoms with van der Waals surface area (Å²) in [5.74, 6) is 0. The van der Waals surface area contributed by atoms with Gasteiger partial charge in [0.15, 0.2) is 0 Å². The van der Waals surface area contributed by atoms with Gasteiger partial charge in [0, 0.05) is 13.1 Å². The summed E-state index contributed by atoms with van der Waals surface area (Å²) in [6, 6.07) is 0. The Labute approximate surface area is 148 Å². The third kappa shape index (κ3) is 8.08. The molecule has 2 bridgehead atoms. The van der Waals surface area contributed by atoms with Gasteiger partial charge in [-0.1, -0.05) is 6.92 Å². The van der Waals surface area contributed by atoms with Crippen LogP contribution in [-0.2, 0) is 4.74 Å². The van der Waals surface area contributed by atoms with Gasteiger partial charge in [0.05, 0.1) is 12.2 Å². The molecule has 4 nitrogen and oxygen atoms in total. The molecule has 2 heterocycles. The van der Waals surface area contributed by atoms with Crippen molar-refractivity contribution in [2.45, 2.75) is 38.4 Å². The summed E-state index contributed by atoms with van der Waals surface area (Å²) in [5.41, 5.74) is 5.03. The summed E-state index contributed by atoms with van der Waals surface area (Å²) in [4.78, 5) is 2.37. The number of hydrogen-bond acceptors (Lipinski definition) is 4. The minimum atomic E-state index is 0. The summed E-state index contributed by atoms with van der Waals surface area (Å²) in [5, 5.41) is 0. The quantitative estimate of drug-likeness (QED) is 0.475. The average molecular weight is 267 g/mol. The van der Waals surface area contributed by atoms with Crippen LogP contribution in [0.5, 0.6) is 0 Å². The van der Waals surface area contributed by atoms with Gasteiger partial charge >= 0.3 is 51.4 Å². The van der Waals surface area contributed by atoms with E-state index in [0.717, 1.165) is 32.6 Å². The molecule has 2 atom stereocenters. The minimum Gasteiger partial charge on any atom is -0.870 e. The number of ether oxygens (including phenoxy) is 1. The van der Waals surface area contributed by atoms with Gasteiger partial charge in [-0.3, -0.25) is 6.58 Å². The molecule has 2 unspecified atom stereocenters. The van der Waals surface area contributed by atoms with Crippen LogP contribution < -0.4 is 57.1 Å². The van der Waals surface area contributed by atoms with Crippen molar-refractivity contribution in [1.82, 2.24) is 4.90 Å². The molecule has 5 heteroatoms. The maximum atomic E-state index is 5.68. The first kappa shape index (κ1) is 20.5. The minimum absolute atomic E-state index is 0. The van der Waals surface area contributed by atoms with Gasteiger partial charge in [-0.05, 0) is 25.8 Å². The topological polar surface area (TPSA) is 68.5 Å². The predicted molar refractivity (Wildman–Crippen MR) is 64.5 cm³/mol. The summed E-state index contributed by atoms with van der Waals surface area (Å²) in [7, 11) is 0. The van der Waals surface area contributed by atoms with Crippen LogP contribution in [0.15, 0.2) is 6.58 Å². The maximum Gasteiger partial charge on any atom is 1.00 e. The third-order valence-corrected chi connectivity index (χ3v) is 2.74. The molecule has 96 valence electrons. The second-order valence-electron chi connectivity index (χ2n) is 4.19. The van der Waals surface area contributed by atoms with E-state index in [1.165, 1.54) is 12.8 Å². The van der Waals surface area contributed by atoms with E-state index in [4.69, 9.17) is 10.5 Å². The Kier molecular flexibility index (Phi) is 14.8. The number of rotatable bonds is 3. The van der Waals surface area contributed by atoms with Crippen molar-refractivity contribution in [3.63, 3.8) is 0 Å². The summed E-state index contributed by atoms with van der Waals surface area (Å²) in [6.45, 7) is 9.56. The third-order valence-electron chi connectivity index (χ3n) is 2.74. The molecule has 0 saturated carbocycles. The Morgan fingerprint density at radius 2 is 1.82 bits per heavy atom. The zero-order valence-corrected chi connectivity index (χ0v) is 14.3. The van der Waals surface area contributed by atoms with Gasteiger partial charge in [0.25, 0.3) is 0 Å². The number of likely N-dealkylation sites (tertiary alicyclic amines) is 1. The first-order valence-electron chi connectivity index (χ1n) is 5.88. The SMILES string of the molecule is C=[C-]CN1CC2CCC(C1)O2.CCCN.[K+].[OH-]. The number of nitrogens with zero attached hydrogens (tertiary/aromatic N) is 1. The molecular formula is C12H24KN2O2-. The molecule has 2 fully saturated rings. The molecular weight excluding hydrogens is 243 g/mol. The molecule has 0 radical (unpaired) electrons. The number of hydrogen-bond donors (Lipinski definition) is 1. The Morgan fingerprint density at radius 1 is 1.35 bits per heavy atom. The van der Waals surface area contributed by atoms with E-state index < -0.39 is 0 Å². The molecule has 3 N–H and O–H groups in total. The van der Waals surface area contributed by atoms with Crippen molar-refractivity contribution in [2.24, 2.45) is 5.73 Å². The second kappa shape index (κ2) is 12.3. The van der Waals surface area contributed by atoms with Crippen molar-refractivity contribution in [1.29, 1.82) is 0 Å². The Morgan fingerprint density at radius 3 is 2.18 bits per heavy atom.